The molecule has 3 aromatic rings. The number of hydrogen-bond acceptors (Lipinski definition) is 7. The van der Waals surface area contributed by atoms with Crippen LogP contribution < -0.4 is 10.3 Å². The van der Waals surface area contributed by atoms with E-state index < -0.39 is 5.97 Å². The van der Waals surface area contributed by atoms with E-state index in [0.717, 1.165) is 36.2 Å². The molecule has 0 spiro atoms. The number of nitrogens with zero attached hydrogens (tertiary/aromatic N) is 5. The lowest BCUT2D eigenvalue weighted by Crippen LogP contribution is -2.29. The molecule has 0 aromatic carbocycles. The zero-order valence-corrected chi connectivity index (χ0v) is 20.0. The Morgan fingerprint density at radius 1 is 1.24 bits per heavy atom. The summed E-state index contributed by atoms with van der Waals surface area (Å²) in [5.74, 6) is -0.187. The highest BCUT2D eigenvalue weighted by atomic mass is 16.5. The van der Waals surface area contributed by atoms with Crippen LogP contribution in [-0.2, 0) is 37.7 Å². The Balaban J connectivity index is 1.51. The second kappa shape index (κ2) is 10.6. The molecule has 0 aliphatic carbocycles. The summed E-state index contributed by atoms with van der Waals surface area (Å²) in [6.07, 6.45) is 7.68. The maximum Gasteiger partial charge on any atom is 0.343 e. The van der Waals surface area contributed by atoms with Crippen LogP contribution in [-0.4, -0.2) is 57.0 Å². The van der Waals surface area contributed by atoms with Crippen molar-refractivity contribution < 1.29 is 14.3 Å². The van der Waals surface area contributed by atoms with Crippen molar-refractivity contribution in [3.8, 4) is 5.75 Å². The van der Waals surface area contributed by atoms with Gasteiger partial charge in [0.15, 0.2) is 0 Å². The third-order valence-electron chi connectivity index (χ3n) is 6.17. The average molecular weight is 466 g/mol. The zero-order chi connectivity index (χ0) is 24.1. The van der Waals surface area contributed by atoms with Crippen LogP contribution in [0.5, 0.6) is 5.75 Å². The van der Waals surface area contributed by atoms with E-state index in [0.29, 0.717) is 49.7 Å². The summed E-state index contributed by atoms with van der Waals surface area (Å²) in [7, 11) is 3.26. The van der Waals surface area contributed by atoms with E-state index in [1.165, 1.54) is 13.2 Å². The van der Waals surface area contributed by atoms with Crippen molar-refractivity contribution in [2.75, 3.05) is 26.8 Å². The van der Waals surface area contributed by atoms with Crippen LogP contribution in [0, 0.1) is 6.92 Å². The van der Waals surface area contributed by atoms with Crippen LogP contribution in [0.15, 0.2) is 41.6 Å². The molecule has 4 rings (SSSR count). The Morgan fingerprint density at radius 2 is 2.09 bits per heavy atom. The molecule has 1 aliphatic heterocycles. The van der Waals surface area contributed by atoms with Crippen molar-refractivity contribution in [3.05, 3.63) is 75.2 Å². The largest absolute Gasteiger partial charge is 0.492 e. The molecule has 0 N–H and O–H groups in total. The highest BCUT2D eigenvalue weighted by Crippen LogP contribution is 2.25. The van der Waals surface area contributed by atoms with E-state index in [1.807, 2.05) is 43.2 Å². The molecule has 0 amide bonds. The SMILES string of the molecule is COC(=O)c1c(OCCCc2cccnc2)cc(=O)n2c1CCN(Cc1cn(C)nc1C)CC2. The first-order valence-electron chi connectivity index (χ1n) is 11.5. The second-order valence-corrected chi connectivity index (χ2v) is 8.56. The van der Waals surface area contributed by atoms with E-state index in [1.54, 1.807) is 10.8 Å². The van der Waals surface area contributed by atoms with Crippen LogP contribution in [0.2, 0.25) is 0 Å². The lowest BCUT2D eigenvalue weighted by atomic mass is 10.1. The van der Waals surface area contributed by atoms with Crippen LogP contribution in [0.1, 0.15) is 39.3 Å². The highest BCUT2D eigenvalue weighted by Gasteiger charge is 2.26. The molecule has 9 nitrogen and oxygen atoms in total. The molecular formula is C25H31N5O4. The molecule has 0 saturated carbocycles. The first-order valence-corrected chi connectivity index (χ1v) is 11.5. The zero-order valence-electron chi connectivity index (χ0n) is 20.0. The van der Waals surface area contributed by atoms with Gasteiger partial charge in [-0.1, -0.05) is 6.07 Å². The Morgan fingerprint density at radius 3 is 2.79 bits per heavy atom. The lowest BCUT2D eigenvalue weighted by molar-refractivity contribution is 0.0593. The van der Waals surface area contributed by atoms with Crippen molar-refractivity contribution in [2.24, 2.45) is 7.05 Å². The predicted octanol–water partition coefficient (Wildman–Crippen LogP) is 2.14. The van der Waals surface area contributed by atoms with E-state index in [9.17, 15) is 9.59 Å². The third kappa shape index (κ3) is 5.36. The fraction of sp³-hybridized carbons (Fsp3) is 0.440. The van der Waals surface area contributed by atoms with Gasteiger partial charge in [-0.25, -0.2) is 4.79 Å². The maximum atomic E-state index is 13.0. The number of hydrogen-bond donors (Lipinski definition) is 0. The number of carbonyl (C=O) groups is 1. The number of rotatable bonds is 8. The first kappa shape index (κ1) is 23.7. The molecule has 3 aromatic heterocycles. The van der Waals surface area contributed by atoms with E-state index in [-0.39, 0.29) is 5.56 Å². The molecule has 180 valence electrons. The minimum absolute atomic E-state index is 0.163. The minimum atomic E-state index is -0.484. The monoisotopic (exact) mass is 465 g/mol. The van der Waals surface area contributed by atoms with Gasteiger partial charge in [-0.15, -0.1) is 0 Å². The average Bonchev–Trinajstić information content (AvgIpc) is 3.01. The number of fused-ring (bicyclic) bond motifs is 1. The van der Waals surface area contributed by atoms with Gasteiger partial charge in [-0.05, 0) is 31.4 Å². The number of carbonyl (C=O) groups excluding carboxylic acids is 1. The molecule has 0 atom stereocenters. The van der Waals surface area contributed by atoms with Crippen molar-refractivity contribution in [1.82, 2.24) is 24.2 Å². The van der Waals surface area contributed by atoms with E-state index in [4.69, 9.17) is 9.47 Å². The molecule has 0 bridgehead atoms. The fourth-order valence-electron chi connectivity index (χ4n) is 4.44. The standard InChI is InChI=1S/C25H31N5O4/c1-18-20(16-28(2)27-18)17-29-10-8-21-24(25(32)33-3)22(14-23(31)30(21)12-11-29)34-13-5-7-19-6-4-9-26-15-19/h4,6,9,14-16H,5,7-8,10-13,17H2,1-3H3. The molecule has 34 heavy (non-hydrogen) atoms. The van der Waals surface area contributed by atoms with Gasteiger partial charge < -0.3 is 14.0 Å². The number of aromatic nitrogens is 4. The molecule has 0 fully saturated rings. The second-order valence-electron chi connectivity index (χ2n) is 8.56. The van der Waals surface area contributed by atoms with Crippen molar-refractivity contribution in [3.63, 3.8) is 0 Å². The van der Waals surface area contributed by atoms with E-state index in [2.05, 4.69) is 15.0 Å². The first-order chi connectivity index (χ1) is 16.5. The van der Waals surface area contributed by atoms with Crippen LogP contribution >= 0.6 is 0 Å². The Labute approximate surface area is 198 Å². The summed E-state index contributed by atoms with van der Waals surface area (Å²) in [5, 5.41) is 4.42. The quantitative estimate of drug-likeness (QED) is 0.372. The van der Waals surface area contributed by atoms with Crippen molar-refractivity contribution in [1.29, 1.82) is 0 Å². The van der Waals surface area contributed by atoms with Gasteiger partial charge in [-0.2, -0.15) is 5.10 Å². The molecular weight excluding hydrogens is 434 g/mol. The molecule has 9 heteroatoms. The summed E-state index contributed by atoms with van der Waals surface area (Å²) in [4.78, 5) is 32.1. The van der Waals surface area contributed by atoms with E-state index >= 15 is 0 Å². The number of ether oxygens (including phenoxy) is 2. The third-order valence-corrected chi connectivity index (χ3v) is 6.17. The van der Waals surface area contributed by atoms with Gasteiger partial charge in [0.25, 0.3) is 5.56 Å². The minimum Gasteiger partial charge on any atom is -0.492 e. The van der Waals surface area contributed by atoms with Crippen molar-refractivity contribution in [2.45, 2.75) is 39.3 Å². The maximum absolute atomic E-state index is 13.0. The Kier molecular flexibility index (Phi) is 7.42. The summed E-state index contributed by atoms with van der Waals surface area (Å²) in [6, 6.07) is 5.33. The topological polar surface area (TPSA) is 91.5 Å². The molecule has 0 saturated heterocycles. The molecule has 1 aliphatic rings. The summed E-state index contributed by atoms with van der Waals surface area (Å²) in [5.41, 5.74) is 4.13. The summed E-state index contributed by atoms with van der Waals surface area (Å²) >= 11 is 0. The lowest BCUT2D eigenvalue weighted by Gasteiger charge is -2.18. The molecule has 0 radical (unpaired) electrons. The smallest absolute Gasteiger partial charge is 0.343 e. The van der Waals surface area contributed by atoms with Gasteiger partial charge >= 0.3 is 5.97 Å². The Hall–Kier alpha value is -3.46. The number of esters is 1. The normalized spacial score (nSPS) is 13.9. The van der Waals surface area contributed by atoms with Gasteiger partial charge in [0.2, 0.25) is 0 Å². The van der Waals surface area contributed by atoms with Gasteiger partial charge in [0.1, 0.15) is 11.3 Å². The fourth-order valence-corrected chi connectivity index (χ4v) is 4.44. The summed E-state index contributed by atoms with van der Waals surface area (Å²) < 4.78 is 14.5. The molecule has 0 unspecified atom stereocenters. The predicted molar refractivity (Wildman–Crippen MR) is 127 cm³/mol. The number of aryl methyl sites for hydroxylation is 3. The highest BCUT2D eigenvalue weighted by molar-refractivity contribution is 5.93. The van der Waals surface area contributed by atoms with Gasteiger partial charge in [0, 0.05) is 75.6 Å². The summed E-state index contributed by atoms with van der Waals surface area (Å²) in [6.45, 7) is 5.04. The molecule has 4 heterocycles. The van der Waals surface area contributed by atoms with Crippen LogP contribution in [0.25, 0.3) is 0 Å². The number of pyridine rings is 2. The van der Waals surface area contributed by atoms with Gasteiger partial charge in [-0.3, -0.25) is 19.4 Å². The van der Waals surface area contributed by atoms with Crippen molar-refractivity contribution >= 4 is 5.97 Å². The number of methoxy groups -OCH3 is 1. The Bertz CT molecular complexity index is 1200. The van der Waals surface area contributed by atoms with Crippen LogP contribution in [0.4, 0.5) is 0 Å². The van der Waals surface area contributed by atoms with Gasteiger partial charge in [0.05, 0.1) is 19.4 Å². The van der Waals surface area contributed by atoms with Crippen LogP contribution in [0.3, 0.4) is 0 Å².